The number of benzene rings is 1. The predicted molar refractivity (Wildman–Crippen MR) is 131 cm³/mol. The Morgan fingerprint density at radius 1 is 1.27 bits per heavy atom. The first-order valence-corrected chi connectivity index (χ1v) is 12.7. The molecule has 1 saturated carbocycles. The van der Waals surface area contributed by atoms with Crippen LogP contribution in [0.2, 0.25) is 0 Å². The molecule has 33 heavy (non-hydrogen) atoms. The highest BCUT2D eigenvalue weighted by Gasteiger charge is 2.36. The number of carbonyl (C=O) groups is 1. The molecule has 9 nitrogen and oxygen atoms in total. The number of thiazole rings is 1. The van der Waals surface area contributed by atoms with E-state index in [1.807, 2.05) is 50.7 Å². The summed E-state index contributed by atoms with van der Waals surface area (Å²) < 4.78 is 20.5. The molecule has 1 aliphatic rings. The van der Waals surface area contributed by atoms with Gasteiger partial charge in [-0.1, -0.05) is 12.1 Å². The molecule has 1 aliphatic carbocycles. The number of nitrogens with zero attached hydrogens (tertiary/aromatic N) is 4. The summed E-state index contributed by atoms with van der Waals surface area (Å²) in [6.07, 6.45) is 5.20. The number of rotatable bonds is 10. The highest BCUT2D eigenvalue weighted by atomic mass is 32.2. The van der Waals surface area contributed by atoms with E-state index in [0.29, 0.717) is 34.7 Å². The fourth-order valence-electron chi connectivity index (χ4n) is 3.18. The smallest absolute Gasteiger partial charge is 0.247 e. The number of hydrogen-bond acceptors (Lipinski definition) is 9. The van der Waals surface area contributed by atoms with Gasteiger partial charge in [-0.2, -0.15) is 4.72 Å². The minimum Gasteiger partial charge on any atom is -0.593 e. The van der Waals surface area contributed by atoms with Gasteiger partial charge in [-0.05, 0) is 33.2 Å². The van der Waals surface area contributed by atoms with Gasteiger partial charge in [0.25, 0.3) is 0 Å². The number of ether oxygens (including phenoxy) is 1. The van der Waals surface area contributed by atoms with Gasteiger partial charge < -0.3 is 14.6 Å². The molecule has 2 atom stereocenters. The molecule has 2 N–H and O–H groups in total. The van der Waals surface area contributed by atoms with Gasteiger partial charge in [0.2, 0.25) is 16.9 Å². The molecule has 2 heterocycles. The Kier molecular flexibility index (Phi) is 7.43. The van der Waals surface area contributed by atoms with E-state index in [-0.39, 0.29) is 11.2 Å². The third-order valence-electron chi connectivity index (χ3n) is 4.93. The highest BCUT2D eigenvalue weighted by Crippen LogP contribution is 2.32. The van der Waals surface area contributed by atoms with Crippen molar-refractivity contribution in [3.63, 3.8) is 0 Å². The van der Waals surface area contributed by atoms with E-state index >= 15 is 0 Å². The van der Waals surface area contributed by atoms with Crippen molar-refractivity contribution in [3.8, 4) is 17.1 Å². The van der Waals surface area contributed by atoms with Crippen molar-refractivity contribution < 1.29 is 14.1 Å². The lowest BCUT2D eigenvalue weighted by atomic mass is 10.1. The van der Waals surface area contributed by atoms with Crippen molar-refractivity contribution >= 4 is 39.4 Å². The van der Waals surface area contributed by atoms with Crippen molar-refractivity contribution in [2.24, 2.45) is 0 Å². The molecular weight excluding hydrogens is 460 g/mol. The molecule has 1 amide bonds. The number of amides is 1. The van der Waals surface area contributed by atoms with Crippen LogP contribution in [0.15, 0.2) is 42.0 Å². The van der Waals surface area contributed by atoms with Crippen molar-refractivity contribution in [2.75, 3.05) is 30.7 Å². The van der Waals surface area contributed by atoms with E-state index in [4.69, 9.17) is 4.74 Å². The maximum atomic E-state index is 13.1. The van der Waals surface area contributed by atoms with Crippen LogP contribution < -0.4 is 14.8 Å². The average Bonchev–Trinajstić information content (AvgIpc) is 3.55. The van der Waals surface area contributed by atoms with Crippen LogP contribution in [0, 0.1) is 0 Å². The van der Waals surface area contributed by atoms with E-state index in [1.54, 1.807) is 17.3 Å². The average molecular weight is 487 g/mol. The summed E-state index contributed by atoms with van der Waals surface area (Å²) >= 11 is 0.232. The van der Waals surface area contributed by atoms with Crippen LogP contribution in [0.1, 0.15) is 31.5 Å². The molecule has 0 spiro atoms. The predicted octanol–water partition coefficient (Wildman–Crippen LogP) is 3.48. The fourth-order valence-corrected chi connectivity index (χ4v) is 5.14. The molecule has 4 rings (SSSR count). The first-order chi connectivity index (χ1) is 15.9. The van der Waals surface area contributed by atoms with E-state index in [9.17, 15) is 9.35 Å². The Morgan fingerprint density at radius 2 is 2.03 bits per heavy atom. The Labute approximate surface area is 199 Å². The number of nitrogens with one attached hydrogen (secondary N) is 2. The van der Waals surface area contributed by atoms with E-state index < -0.39 is 17.4 Å². The summed E-state index contributed by atoms with van der Waals surface area (Å²) in [6.45, 7) is 2.41. The molecule has 0 saturated heterocycles. The first kappa shape index (κ1) is 23.4. The zero-order chi connectivity index (χ0) is 23.4. The second-order valence-electron chi connectivity index (χ2n) is 7.78. The highest BCUT2D eigenvalue weighted by molar-refractivity contribution is 7.93. The maximum Gasteiger partial charge on any atom is 0.247 e. The Hall–Kier alpha value is -2.73. The van der Waals surface area contributed by atoms with Gasteiger partial charge in [0.1, 0.15) is 11.3 Å². The molecule has 0 aliphatic heterocycles. The van der Waals surface area contributed by atoms with Crippen molar-refractivity contribution in [2.45, 2.75) is 31.1 Å². The van der Waals surface area contributed by atoms with Gasteiger partial charge >= 0.3 is 0 Å². The zero-order valence-corrected chi connectivity index (χ0v) is 20.3. The standard InChI is InChI=1S/C22H26N6O3S2/c1-4-31-19-12-23-11-17(25-19)14-5-7-15(8-6-14)24-21(29)20(28(2)3)18-13-32-22(26-18)27-33(30)16-9-10-16/h5-8,11-13,16,20H,4,9-10H2,1-3H3,(H,24,29)(H,26,27). The summed E-state index contributed by atoms with van der Waals surface area (Å²) in [5, 5.41) is 5.55. The van der Waals surface area contributed by atoms with E-state index in [2.05, 4.69) is 25.0 Å². The second-order valence-corrected chi connectivity index (χ2v) is 10.1. The third kappa shape index (κ3) is 5.99. The molecule has 2 aromatic heterocycles. The fraction of sp³-hybridized carbons (Fsp3) is 0.364. The monoisotopic (exact) mass is 486 g/mol. The van der Waals surface area contributed by atoms with Gasteiger partial charge in [-0.15, -0.1) is 11.3 Å². The number of hydrogen-bond donors (Lipinski definition) is 2. The molecule has 174 valence electrons. The van der Waals surface area contributed by atoms with Crippen LogP contribution in [-0.4, -0.2) is 56.3 Å². The number of aromatic nitrogens is 3. The summed E-state index contributed by atoms with van der Waals surface area (Å²) in [5.74, 6) is 0.269. The molecular formula is C22H26N6O3S2. The zero-order valence-electron chi connectivity index (χ0n) is 18.6. The Balaban J connectivity index is 1.43. The van der Waals surface area contributed by atoms with Crippen LogP contribution in [0.4, 0.5) is 10.8 Å². The molecule has 2 unspecified atom stereocenters. The Bertz CT molecular complexity index is 1090. The lowest BCUT2D eigenvalue weighted by molar-refractivity contribution is -0.120. The molecule has 1 aromatic carbocycles. The van der Waals surface area contributed by atoms with Crippen molar-refractivity contribution in [3.05, 3.63) is 47.7 Å². The number of likely N-dealkylation sites (N-methyl/N-ethyl adjacent to an activating group) is 1. The van der Waals surface area contributed by atoms with E-state index in [0.717, 1.165) is 18.4 Å². The van der Waals surface area contributed by atoms with Crippen LogP contribution in [0.3, 0.4) is 0 Å². The quantitative estimate of drug-likeness (QED) is 0.419. The lowest BCUT2D eigenvalue weighted by Crippen LogP contribution is -2.32. The lowest BCUT2D eigenvalue weighted by Gasteiger charge is -2.21. The summed E-state index contributed by atoms with van der Waals surface area (Å²) in [6, 6.07) is 6.80. The van der Waals surface area contributed by atoms with E-state index in [1.165, 1.54) is 11.3 Å². The summed E-state index contributed by atoms with van der Waals surface area (Å²) in [5.41, 5.74) is 2.83. The van der Waals surface area contributed by atoms with Crippen LogP contribution in [-0.2, 0) is 16.2 Å². The normalized spacial score (nSPS) is 15.2. The molecule has 1 fully saturated rings. The van der Waals surface area contributed by atoms with Gasteiger partial charge in [-0.3, -0.25) is 14.7 Å². The second kappa shape index (κ2) is 10.5. The number of anilines is 2. The first-order valence-electron chi connectivity index (χ1n) is 10.6. The third-order valence-corrected chi connectivity index (χ3v) is 7.31. The van der Waals surface area contributed by atoms with Crippen molar-refractivity contribution in [1.82, 2.24) is 19.9 Å². The molecule has 0 radical (unpaired) electrons. The van der Waals surface area contributed by atoms with Crippen LogP contribution in [0.25, 0.3) is 11.3 Å². The van der Waals surface area contributed by atoms with Crippen molar-refractivity contribution in [1.29, 1.82) is 0 Å². The molecule has 3 aromatic rings. The minimum absolute atomic E-state index is 0.203. The Morgan fingerprint density at radius 3 is 2.70 bits per heavy atom. The molecule has 0 bridgehead atoms. The maximum absolute atomic E-state index is 13.1. The van der Waals surface area contributed by atoms with Gasteiger partial charge in [0, 0.05) is 29.5 Å². The molecule has 11 heteroatoms. The SMILES string of the molecule is CCOc1cncc(-c2ccc(NC(=O)C(c3csc(N[S+]([O-])C4CC4)n3)N(C)C)cc2)n1. The summed E-state index contributed by atoms with van der Waals surface area (Å²) in [7, 11) is 3.65. The largest absolute Gasteiger partial charge is 0.593 e. The summed E-state index contributed by atoms with van der Waals surface area (Å²) in [4.78, 5) is 28.0. The van der Waals surface area contributed by atoms with Crippen LogP contribution in [0.5, 0.6) is 5.88 Å². The minimum atomic E-state index is -1.12. The van der Waals surface area contributed by atoms with Crippen LogP contribution >= 0.6 is 11.3 Å². The van der Waals surface area contributed by atoms with Gasteiger partial charge in [0.15, 0.2) is 0 Å². The topological polar surface area (TPSA) is 115 Å². The van der Waals surface area contributed by atoms with Gasteiger partial charge in [0.05, 0.1) is 41.8 Å². The number of carbonyl (C=O) groups excluding carboxylic acids is 1. The van der Waals surface area contributed by atoms with Gasteiger partial charge in [-0.25, -0.2) is 9.97 Å².